The number of piperidine rings is 1. The Bertz CT molecular complexity index is 1080. The maximum absolute atomic E-state index is 11.5. The van der Waals surface area contributed by atoms with Gasteiger partial charge in [-0.1, -0.05) is 18.2 Å². The maximum atomic E-state index is 11.5. The van der Waals surface area contributed by atoms with Gasteiger partial charge in [-0.2, -0.15) is 14.8 Å². The molecule has 2 aromatic heterocycles. The molecule has 0 spiro atoms. The lowest BCUT2D eigenvalue weighted by molar-refractivity contribution is 0.0949. The minimum atomic E-state index is -0.858. The molecule has 1 aliphatic rings. The Labute approximate surface area is 188 Å². The van der Waals surface area contributed by atoms with Gasteiger partial charge in [0.05, 0.1) is 11.2 Å². The van der Waals surface area contributed by atoms with E-state index in [0.717, 1.165) is 55.5 Å². The van der Waals surface area contributed by atoms with Crippen molar-refractivity contribution in [1.82, 2.24) is 29.7 Å². The molecule has 1 saturated heterocycles. The van der Waals surface area contributed by atoms with E-state index in [2.05, 4.69) is 20.1 Å². The van der Waals surface area contributed by atoms with Crippen molar-refractivity contribution in [3.63, 3.8) is 0 Å². The van der Waals surface area contributed by atoms with E-state index in [1.165, 1.54) is 4.90 Å². The molecule has 1 aromatic carbocycles. The first kappa shape index (κ1) is 22.3. The summed E-state index contributed by atoms with van der Waals surface area (Å²) in [6, 6.07) is 8.03. The second-order valence-electron chi connectivity index (χ2n) is 9.52. The van der Waals surface area contributed by atoms with E-state index in [1.54, 1.807) is 4.68 Å². The van der Waals surface area contributed by atoms with Crippen LogP contribution in [0.1, 0.15) is 57.5 Å². The van der Waals surface area contributed by atoms with E-state index in [4.69, 9.17) is 4.52 Å². The number of aryl methyl sites for hydroxylation is 1. The second-order valence-corrected chi connectivity index (χ2v) is 9.52. The molecule has 0 aliphatic carbocycles. The number of hydrogen-bond acceptors (Lipinski definition) is 6. The van der Waals surface area contributed by atoms with Gasteiger partial charge in [0.15, 0.2) is 0 Å². The summed E-state index contributed by atoms with van der Waals surface area (Å²) in [5.74, 6) is 1.38. The first-order valence-corrected chi connectivity index (χ1v) is 11.3. The number of likely N-dealkylation sites (tertiary alicyclic amines) is 1. The Balaban J connectivity index is 1.32. The topological polar surface area (TPSA) is 101 Å². The highest BCUT2D eigenvalue weighted by atomic mass is 16.5. The van der Waals surface area contributed by atoms with Gasteiger partial charge in [-0.15, -0.1) is 0 Å². The van der Waals surface area contributed by atoms with Gasteiger partial charge in [0.2, 0.25) is 5.89 Å². The molecule has 9 nitrogen and oxygen atoms in total. The fourth-order valence-corrected chi connectivity index (χ4v) is 4.43. The standard InChI is InChI=1S/C23H32N6O3/c1-16-18-8-5-6-9-19(18)29(25-16)21-24-20(32-26-21)17-10-14-27(15-11-17)12-7-13-28(22(30)31)23(2,3)4/h5-6,8-9,17H,7,10-15H2,1-4H3,(H,30,31). The van der Waals surface area contributed by atoms with Crippen LogP contribution in [0, 0.1) is 6.92 Å². The molecule has 0 saturated carbocycles. The number of amides is 1. The summed E-state index contributed by atoms with van der Waals surface area (Å²) in [5, 5.41) is 19.3. The zero-order valence-electron chi connectivity index (χ0n) is 19.3. The molecule has 1 fully saturated rings. The molecule has 9 heteroatoms. The minimum Gasteiger partial charge on any atom is -0.465 e. The van der Waals surface area contributed by atoms with Crippen molar-refractivity contribution in [2.45, 2.75) is 58.4 Å². The lowest BCUT2D eigenvalue weighted by Crippen LogP contribution is -2.46. The van der Waals surface area contributed by atoms with Crippen LogP contribution in [0.25, 0.3) is 16.9 Å². The number of nitrogens with zero attached hydrogens (tertiary/aromatic N) is 6. The lowest BCUT2D eigenvalue weighted by Gasteiger charge is -2.35. The molecular formula is C23H32N6O3. The fraction of sp³-hybridized carbons (Fsp3) is 0.565. The highest BCUT2D eigenvalue weighted by Crippen LogP contribution is 2.28. The number of para-hydroxylation sites is 1. The number of fused-ring (bicyclic) bond motifs is 1. The predicted molar refractivity (Wildman–Crippen MR) is 121 cm³/mol. The molecule has 4 rings (SSSR count). The molecule has 3 aromatic rings. The summed E-state index contributed by atoms with van der Waals surface area (Å²) in [7, 11) is 0. The van der Waals surface area contributed by atoms with Crippen molar-refractivity contribution < 1.29 is 14.4 Å². The van der Waals surface area contributed by atoms with Gasteiger partial charge in [-0.3, -0.25) is 0 Å². The Hall–Kier alpha value is -2.94. The van der Waals surface area contributed by atoms with Gasteiger partial charge in [0.1, 0.15) is 0 Å². The van der Waals surface area contributed by atoms with E-state index in [-0.39, 0.29) is 11.5 Å². The van der Waals surface area contributed by atoms with E-state index in [1.807, 2.05) is 52.0 Å². The summed E-state index contributed by atoms with van der Waals surface area (Å²) >= 11 is 0. The van der Waals surface area contributed by atoms with Crippen molar-refractivity contribution >= 4 is 17.0 Å². The van der Waals surface area contributed by atoms with Gasteiger partial charge in [0, 0.05) is 23.4 Å². The van der Waals surface area contributed by atoms with Crippen molar-refractivity contribution in [2.24, 2.45) is 0 Å². The lowest BCUT2D eigenvalue weighted by atomic mass is 9.96. The first-order valence-electron chi connectivity index (χ1n) is 11.3. The van der Waals surface area contributed by atoms with E-state index in [0.29, 0.717) is 18.4 Å². The average molecular weight is 441 g/mol. The molecule has 1 N–H and O–H groups in total. The van der Waals surface area contributed by atoms with E-state index < -0.39 is 6.09 Å². The summed E-state index contributed by atoms with van der Waals surface area (Å²) in [6.45, 7) is 11.1. The Kier molecular flexibility index (Phi) is 6.19. The second kappa shape index (κ2) is 8.90. The number of aromatic nitrogens is 4. The molecule has 0 atom stereocenters. The molecule has 0 radical (unpaired) electrons. The summed E-state index contributed by atoms with van der Waals surface area (Å²) in [4.78, 5) is 20.0. The molecule has 1 amide bonds. The third-order valence-electron chi connectivity index (χ3n) is 6.23. The number of rotatable bonds is 6. The molecule has 172 valence electrons. The van der Waals surface area contributed by atoms with Gasteiger partial charge in [-0.05, 0) is 77.8 Å². The van der Waals surface area contributed by atoms with Gasteiger partial charge >= 0.3 is 6.09 Å². The highest BCUT2D eigenvalue weighted by Gasteiger charge is 2.28. The summed E-state index contributed by atoms with van der Waals surface area (Å²) in [6.07, 6.45) is 1.86. The molecular weight excluding hydrogens is 408 g/mol. The van der Waals surface area contributed by atoms with Crippen LogP contribution in [0.4, 0.5) is 4.79 Å². The van der Waals surface area contributed by atoms with Gasteiger partial charge < -0.3 is 19.4 Å². The summed E-state index contributed by atoms with van der Waals surface area (Å²) < 4.78 is 7.36. The predicted octanol–water partition coefficient (Wildman–Crippen LogP) is 4.06. The van der Waals surface area contributed by atoms with Crippen LogP contribution in [0.15, 0.2) is 28.8 Å². The van der Waals surface area contributed by atoms with Crippen LogP contribution >= 0.6 is 0 Å². The Morgan fingerprint density at radius 2 is 1.97 bits per heavy atom. The van der Waals surface area contributed by atoms with Crippen LogP contribution in [-0.4, -0.2) is 72.6 Å². The SMILES string of the molecule is Cc1nn(-c2noc(C3CCN(CCCN(C(=O)O)C(C)(C)C)CC3)n2)c2ccccc12. The van der Waals surface area contributed by atoms with Crippen molar-refractivity contribution in [3.05, 3.63) is 35.9 Å². The third kappa shape index (κ3) is 4.62. The van der Waals surface area contributed by atoms with Gasteiger partial charge in [-0.25, -0.2) is 4.79 Å². The average Bonchev–Trinajstić information content (AvgIpc) is 3.36. The van der Waals surface area contributed by atoms with Gasteiger partial charge in [0.25, 0.3) is 5.95 Å². The number of benzene rings is 1. The van der Waals surface area contributed by atoms with Crippen LogP contribution in [0.3, 0.4) is 0 Å². The quantitative estimate of drug-likeness (QED) is 0.617. The van der Waals surface area contributed by atoms with Crippen molar-refractivity contribution in [3.8, 4) is 5.95 Å². The molecule has 3 heterocycles. The van der Waals surface area contributed by atoms with Crippen LogP contribution < -0.4 is 0 Å². The Morgan fingerprint density at radius 3 is 2.66 bits per heavy atom. The molecule has 0 bridgehead atoms. The van der Waals surface area contributed by atoms with Crippen molar-refractivity contribution in [2.75, 3.05) is 26.2 Å². The monoisotopic (exact) mass is 440 g/mol. The van der Waals surface area contributed by atoms with Crippen molar-refractivity contribution in [1.29, 1.82) is 0 Å². The number of carboxylic acid groups (broad SMARTS) is 1. The maximum Gasteiger partial charge on any atom is 0.407 e. The zero-order chi connectivity index (χ0) is 22.9. The normalized spacial score (nSPS) is 16.0. The van der Waals surface area contributed by atoms with E-state index >= 15 is 0 Å². The molecule has 0 unspecified atom stereocenters. The smallest absolute Gasteiger partial charge is 0.407 e. The molecule has 32 heavy (non-hydrogen) atoms. The first-order chi connectivity index (χ1) is 15.2. The number of carbonyl (C=O) groups is 1. The van der Waals surface area contributed by atoms with Crippen LogP contribution in [0.5, 0.6) is 0 Å². The number of hydrogen-bond donors (Lipinski definition) is 1. The van der Waals surface area contributed by atoms with Crippen LogP contribution in [0.2, 0.25) is 0 Å². The largest absolute Gasteiger partial charge is 0.465 e. The zero-order valence-corrected chi connectivity index (χ0v) is 19.3. The third-order valence-corrected chi connectivity index (χ3v) is 6.23. The minimum absolute atomic E-state index is 0.237. The molecule has 1 aliphatic heterocycles. The summed E-state index contributed by atoms with van der Waals surface area (Å²) in [5.41, 5.74) is 1.53. The van der Waals surface area contributed by atoms with E-state index in [9.17, 15) is 9.90 Å². The fourth-order valence-electron chi connectivity index (χ4n) is 4.43. The van der Waals surface area contributed by atoms with Crippen LogP contribution in [-0.2, 0) is 0 Å². The highest BCUT2D eigenvalue weighted by molar-refractivity contribution is 5.82. The Morgan fingerprint density at radius 1 is 1.25 bits per heavy atom.